The highest BCUT2D eigenvalue weighted by Gasteiger charge is 2.24. The molecule has 5 heteroatoms. The van der Waals surface area contributed by atoms with Crippen molar-refractivity contribution >= 4 is 23.0 Å². The smallest absolute Gasteiger partial charge is 0.173 e. The Morgan fingerprint density at radius 3 is 2.52 bits per heavy atom. The van der Waals surface area contributed by atoms with Crippen molar-refractivity contribution in [3.63, 3.8) is 0 Å². The molecule has 0 heterocycles. The molecule has 0 bridgehead atoms. The lowest BCUT2D eigenvalue weighted by molar-refractivity contribution is 0.415. The third-order valence-electron chi connectivity index (χ3n) is 3.85. The molecule has 120 valence electrons. The quantitative estimate of drug-likeness (QED) is 0.823. The van der Waals surface area contributed by atoms with Gasteiger partial charge in [0.15, 0.2) is 5.11 Å². The van der Waals surface area contributed by atoms with Crippen molar-refractivity contribution in [3.8, 4) is 11.5 Å². The summed E-state index contributed by atoms with van der Waals surface area (Å²) in [5.41, 5.74) is 1.80. The van der Waals surface area contributed by atoms with Gasteiger partial charge in [0.25, 0.3) is 0 Å². The van der Waals surface area contributed by atoms with E-state index in [2.05, 4.69) is 5.32 Å². The SMILES string of the molecule is COc1ccc(N(Cc2ccccc2O)C(=S)NC2CC2)cc1. The number of phenols is 1. The molecule has 23 heavy (non-hydrogen) atoms. The topological polar surface area (TPSA) is 44.7 Å². The van der Waals surface area contributed by atoms with Gasteiger partial charge in [0.1, 0.15) is 11.5 Å². The average molecular weight is 328 g/mol. The number of para-hydroxylation sites is 1. The van der Waals surface area contributed by atoms with Crippen LogP contribution < -0.4 is 15.0 Å². The zero-order chi connectivity index (χ0) is 16.2. The second-order valence-corrected chi connectivity index (χ2v) is 6.02. The van der Waals surface area contributed by atoms with Crippen LogP contribution in [-0.2, 0) is 6.54 Å². The molecule has 1 fully saturated rings. The summed E-state index contributed by atoms with van der Waals surface area (Å²) in [4.78, 5) is 2.00. The van der Waals surface area contributed by atoms with Gasteiger partial charge < -0.3 is 20.1 Å². The molecule has 4 nitrogen and oxygen atoms in total. The number of anilines is 1. The predicted octanol–water partition coefficient (Wildman–Crippen LogP) is 3.44. The van der Waals surface area contributed by atoms with Crippen LogP contribution in [0.2, 0.25) is 0 Å². The standard InChI is InChI=1S/C18H20N2O2S/c1-22-16-10-8-15(9-11-16)20(18(23)19-14-6-7-14)12-13-4-2-3-5-17(13)21/h2-5,8-11,14,21H,6-7,12H2,1H3,(H,19,23). The molecule has 0 saturated heterocycles. The molecule has 0 unspecified atom stereocenters. The average Bonchev–Trinajstić information content (AvgIpc) is 3.38. The Kier molecular flexibility index (Phi) is 4.67. The van der Waals surface area contributed by atoms with E-state index >= 15 is 0 Å². The molecule has 0 aromatic heterocycles. The lowest BCUT2D eigenvalue weighted by atomic mass is 10.1. The summed E-state index contributed by atoms with van der Waals surface area (Å²) in [7, 11) is 1.65. The molecule has 3 rings (SSSR count). The van der Waals surface area contributed by atoms with E-state index in [9.17, 15) is 5.11 Å². The minimum Gasteiger partial charge on any atom is -0.508 e. The van der Waals surface area contributed by atoms with E-state index in [1.807, 2.05) is 47.4 Å². The molecule has 0 radical (unpaired) electrons. The van der Waals surface area contributed by atoms with E-state index in [1.54, 1.807) is 13.2 Å². The summed E-state index contributed by atoms with van der Waals surface area (Å²) in [6, 6.07) is 15.6. The number of ether oxygens (including phenoxy) is 1. The summed E-state index contributed by atoms with van der Waals surface area (Å²) in [6.07, 6.45) is 2.32. The number of aromatic hydroxyl groups is 1. The number of nitrogens with zero attached hydrogens (tertiary/aromatic N) is 1. The second kappa shape index (κ2) is 6.87. The van der Waals surface area contributed by atoms with Crippen LogP contribution in [0.5, 0.6) is 11.5 Å². The zero-order valence-electron chi connectivity index (χ0n) is 13.0. The molecule has 0 spiro atoms. The van der Waals surface area contributed by atoms with Gasteiger partial charge in [-0.3, -0.25) is 0 Å². The van der Waals surface area contributed by atoms with Gasteiger partial charge in [-0.05, 0) is 55.4 Å². The summed E-state index contributed by atoms with van der Waals surface area (Å²) >= 11 is 5.58. The number of rotatable bonds is 5. The first kappa shape index (κ1) is 15.6. The Bertz CT molecular complexity index is 684. The molecule has 1 aliphatic rings. The Hall–Kier alpha value is -2.27. The number of hydrogen-bond acceptors (Lipinski definition) is 3. The lowest BCUT2D eigenvalue weighted by Crippen LogP contribution is -2.40. The third kappa shape index (κ3) is 3.93. The molecule has 1 saturated carbocycles. The van der Waals surface area contributed by atoms with Crippen LogP contribution >= 0.6 is 12.2 Å². The number of methoxy groups -OCH3 is 1. The van der Waals surface area contributed by atoms with Gasteiger partial charge in [-0.1, -0.05) is 18.2 Å². The number of hydrogen-bond donors (Lipinski definition) is 2. The number of benzene rings is 2. The number of thiocarbonyl (C=S) groups is 1. The fourth-order valence-corrected chi connectivity index (χ4v) is 2.67. The first-order valence-electron chi connectivity index (χ1n) is 7.66. The van der Waals surface area contributed by atoms with Crippen molar-refractivity contribution in [3.05, 3.63) is 54.1 Å². The van der Waals surface area contributed by atoms with E-state index in [0.29, 0.717) is 17.7 Å². The van der Waals surface area contributed by atoms with Crippen LogP contribution in [0.15, 0.2) is 48.5 Å². The van der Waals surface area contributed by atoms with Gasteiger partial charge >= 0.3 is 0 Å². The van der Waals surface area contributed by atoms with Crippen LogP contribution in [0, 0.1) is 0 Å². The lowest BCUT2D eigenvalue weighted by Gasteiger charge is -2.26. The van der Waals surface area contributed by atoms with Crippen molar-refractivity contribution in [1.29, 1.82) is 0 Å². The maximum atomic E-state index is 10.1. The number of phenolic OH excluding ortho intramolecular Hbond substituents is 1. The molecular formula is C18H20N2O2S. The minimum absolute atomic E-state index is 0.278. The van der Waals surface area contributed by atoms with Crippen LogP contribution in [0.25, 0.3) is 0 Å². The first-order valence-corrected chi connectivity index (χ1v) is 8.07. The highest BCUT2D eigenvalue weighted by atomic mass is 32.1. The fourth-order valence-electron chi connectivity index (χ4n) is 2.34. The molecular weight excluding hydrogens is 308 g/mol. The molecule has 0 amide bonds. The summed E-state index contributed by atoms with van der Waals surface area (Å²) in [6.45, 7) is 0.511. The van der Waals surface area contributed by atoms with E-state index in [1.165, 1.54) is 0 Å². The second-order valence-electron chi connectivity index (χ2n) is 5.64. The van der Waals surface area contributed by atoms with Crippen molar-refractivity contribution in [2.45, 2.75) is 25.4 Å². The van der Waals surface area contributed by atoms with E-state index in [0.717, 1.165) is 29.8 Å². The van der Waals surface area contributed by atoms with Gasteiger partial charge in [0.2, 0.25) is 0 Å². The van der Waals surface area contributed by atoms with Crippen LogP contribution in [0.1, 0.15) is 18.4 Å². The van der Waals surface area contributed by atoms with Crippen molar-refractivity contribution in [2.75, 3.05) is 12.0 Å². The molecule has 1 aliphatic carbocycles. The van der Waals surface area contributed by atoms with Gasteiger partial charge in [-0.2, -0.15) is 0 Å². The highest BCUT2D eigenvalue weighted by Crippen LogP contribution is 2.26. The van der Waals surface area contributed by atoms with Crippen molar-refractivity contribution in [2.24, 2.45) is 0 Å². The molecule has 2 aromatic carbocycles. The fraction of sp³-hybridized carbons (Fsp3) is 0.278. The molecule has 0 aliphatic heterocycles. The number of nitrogens with one attached hydrogen (secondary N) is 1. The van der Waals surface area contributed by atoms with Gasteiger partial charge in [-0.15, -0.1) is 0 Å². The van der Waals surface area contributed by atoms with Crippen molar-refractivity contribution < 1.29 is 9.84 Å². The summed E-state index contributed by atoms with van der Waals surface area (Å²) in [5.74, 6) is 1.08. The van der Waals surface area contributed by atoms with E-state index in [4.69, 9.17) is 17.0 Å². The Balaban J connectivity index is 1.85. The van der Waals surface area contributed by atoms with E-state index in [-0.39, 0.29) is 5.75 Å². The molecule has 2 N–H and O–H groups in total. The zero-order valence-corrected chi connectivity index (χ0v) is 13.8. The van der Waals surface area contributed by atoms with Gasteiger partial charge in [-0.25, -0.2) is 0 Å². The van der Waals surface area contributed by atoms with E-state index < -0.39 is 0 Å². The maximum Gasteiger partial charge on any atom is 0.173 e. The summed E-state index contributed by atoms with van der Waals surface area (Å²) in [5, 5.41) is 14.1. The molecule has 0 atom stereocenters. The van der Waals surface area contributed by atoms with Gasteiger partial charge in [0.05, 0.1) is 13.7 Å². The Morgan fingerprint density at radius 1 is 1.22 bits per heavy atom. The normalized spacial score (nSPS) is 13.4. The monoisotopic (exact) mass is 328 g/mol. The Labute approximate surface area is 141 Å². The van der Waals surface area contributed by atoms with Crippen LogP contribution in [0.4, 0.5) is 5.69 Å². The minimum atomic E-state index is 0.278. The van der Waals surface area contributed by atoms with Crippen LogP contribution in [-0.4, -0.2) is 23.4 Å². The highest BCUT2D eigenvalue weighted by molar-refractivity contribution is 7.80. The largest absolute Gasteiger partial charge is 0.508 e. The Morgan fingerprint density at radius 2 is 1.91 bits per heavy atom. The molecule has 2 aromatic rings. The summed E-state index contributed by atoms with van der Waals surface area (Å²) < 4.78 is 5.21. The van der Waals surface area contributed by atoms with Crippen molar-refractivity contribution in [1.82, 2.24) is 5.32 Å². The van der Waals surface area contributed by atoms with Crippen LogP contribution in [0.3, 0.4) is 0 Å². The first-order chi connectivity index (χ1) is 11.2. The maximum absolute atomic E-state index is 10.1. The third-order valence-corrected chi connectivity index (χ3v) is 4.19. The predicted molar refractivity (Wildman–Crippen MR) is 96.0 cm³/mol. The van der Waals surface area contributed by atoms with Gasteiger partial charge in [0, 0.05) is 17.3 Å².